The van der Waals surface area contributed by atoms with Crippen molar-refractivity contribution in [3.63, 3.8) is 0 Å². The van der Waals surface area contributed by atoms with E-state index in [1.165, 1.54) is 31.0 Å². The molecule has 0 aromatic heterocycles. The van der Waals surface area contributed by atoms with Crippen LogP contribution in [0.15, 0.2) is 0 Å². The topological polar surface area (TPSA) is 17.1 Å². The zero-order chi connectivity index (χ0) is 16.4. The minimum atomic E-state index is -2.75. The SMILES string of the molecule is CCCCCCCCCC(F)(F)[C@H](CC=O)SC(C)(C)C. The van der Waals surface area contributed by atoms with E-state index in [4.69, 9.17) is 0 Å². The van der Waals surface area contributed by atoms with Gasteiger partial charge in [0.15, 0.2) is 0 Å². The maximum Gasteiger partial charge on any atom is 0.260 e. The van der Waals surface area contributed by atoms with E-state index in [2.05, 4.69) is 6.92 Å². The zero-order valence-electron chi connectivity index (χ0n) is 14.1. The fraction of sp³-hybridized carbons (Fsp3) is 0.941. The first-order chi connectivity index (χ1) is 9.73. The van der Waals surface area contributed by atoms with Crippen molar-refractivity contribution in [2.75, 3.05) is 0 Å². The number of halogens is 2. The molecule has 0 aromatic rings. The van der Waals surface area contributed by atoms with Crippen LogP contribution in [0.4, 0.5) is 8.78 Å². The summed E-state index contributed by atoms with van der Waals surface area (Å²) in [6.07, 6.45) is 7.73. The molecule has 126 valence electrons. The van der Waals surface area contributed by atoms with Gasteiger partial charge in [-0.2, -0.15) is 0 Å². The summed E-state index contributed by atoms with van der Waals surface area (Å²) in [7, 11) is 0. The Bertz CT molecular complexity index is 274. The Morgan fingerprint density at radius 2 is 1.52 bits per heavy atom. The monoisotopic (exact) mass is 322 g/mol. The molecule has 1 nitrogen and oxygen atoms in total. The standard InChI is InChI=1S/C17H32F2OS/c1-5-6-7-8-9-10-11-13-17(18,19)15(12-14-20)21-16(2,3)4/h14-15H,5-13H2,1-4H3/t15-/m0/s1. The Labute approximate surface area is 133 Å². The van der Waals surface area contributed by atoms with Gasteiger partial charge in [0.05, 0.1) is 5.25 Å². The van der Waals surface area contributed by atoms with Gasteiger partial charge in [0.25, 0.3) is 5.92 Å². The summed E-state index contributed by atoms with van der Waals surface area (Å²) >= 11 is 1.23. The highest BCUT2D eigenvalue weighted by Gasteiger charge is 2.40. The molecule has 0 saturated carbocycles. The quantitative estimate of drug-likeness (QED) is 0.312. The van der Waals surface area contributed by atoms with Crippen LogP contribution >= 0.6 is 11.8 Å². The molecule has 0 aliphatic rings. The van der Waals surface area contributed by atoms with E-state index in [-0.39, 0.29) is 17.6 Å². The molecular weight excluding hydrogens is 290 g/mol. The molecule has 21 heavy (non-hydrogen) atoms. The Morgan fingerprint density at radius 3 is 2.00 bits per heavy atom. The third-order valence-corrected chi connectivity index (χ3v) is 4.92. The molecule has 0 N–H and O–H groups in total. The Hall–Kier alpha value is -0.120. The molecule has 0 aliphatic carbocycles. The van der Waals surface area contributed by atoms with Crippen LogP contribution in [-0.2, 0) is 4.79 Å². The normalized spacial score (nSPS) is 14.2. The smallest absolute Gasteiger partial charge is 0.260 e. The minimum absolute atomic E-state index is 0.0641. The predicted molar refractivity (Wildman–Crippen MR) is 89.4 cm³/mol. The van der Waals surface area contributed by atoms with Crippen molar-refractivity contribution in [2.45, 2.75) is 101 Å². The first-order valence-corrected chi connectivity index (χ1v) is 9.10. The van der Waals surface area contributed by atoms with Gasteiger partial charge in [-0.15, -0.1) is 11.8 Å². The average molecular weight is 323 g/mol. The Morgan fingerprint density at radius 1 is 1.00 bits per heavy atom. The molecule has 0 amide bonds. The summed E-state index contributed by atoms with van der Waals surface area (Å²) in [6, 6.07) is 0. The molecule has 0 spiro atoms. The Kier molecular flexibility index (Phi) is 10.5. The summed E-state index contributed by atoms with van der Waals surface area (Å²) in [5.41, 5.74) is 0. The molecule has 0 saturated heterocycles. The number of rotatable bonds is 12. The maximum atomic E-state index is 14.3. The molecule has 0 fully saturated rings. The number of hydrogen-bond acceptors (Lipinski definition) is 2. The second kappa shape index (κ2) is 10.6. The van der Waals surface area contributed by atoms with E-state index in [0.29, 0.717) is 12.7 Å². The third-order valence-electron chi connectivity index (χ3n) is 3.39. The van der Waals surface area contributed by atoms with Gasteiger partial charge in [0, 0.05) is 17.6 Å². The summed E-state index contributed by atoms with van der Waals surface area (Å²) in [5, 5.41) is -0.893. The highest BCUT2D eigenvalue weighted by Crippen LogP contribution is 2.41. The van der Waals surface area contributed by atoms with E-state index >= 15 is 0 Å². The molecule has 0 radical (unpaired) electrons. The lowest BCUT2D eigenvalue weighted by atomic mass is 10.0. The van der Waals surface area contributed by atoms with Gasteiger partial charge in [-0.3, -0.25) is 0 Å². The van der Waals surface area contributed by atoms with Crippen molar-refractivity contribution in [2.24, 2.45) is 0 Å². The second-order valence-corrected chi connectivity index (χ2v) is 8.78. The van der Waals surface area contributed by atoms with Crippen LogP contribution in [0.2, 0.25) is 0 Å². The molecule has 0 aliphatic heterocycles. The van der Waals surface area contributed by atoms with E-state index in [1.54, 1.807) is 0 Å². The van der Waals surface area contributed by atoms with Crippen LogP contribution in [0.1, 0.15) is 85.5 Å². The van der Waals surface area contributed by atoms with Crippen LogP contribution in [0.5, 0.6) is 0 Å². The molecular formula is C17H32F2OS. The van der Waals surface area contributed by atoms with Crippen LogP contribution in [0.25, 0.3) is 0 Å². The first-order valence-electron chi connectivity index (χ1n) is 8.22. The number of thioether (sulfide) groups is 1. The van der Waals surface area contributed by atoms with Crippen LogP contribution in [0.3, 0.4) is 0 Å². The minimum Gasteiger partial charge on any atom is -0.303 e. The lowest BCUT2D eigenvalue weighted by molar-refractivity contribution is -0.109. The number of unbranched alkanes of at least 4 members (excludes halogenated alkanes) is 6. The number of hydrogen-bond donors (Lipinski definition) is 0. The molecule has 0 aromatic carbocycles. The van der Waals surface area contributed by atoms with Crippen molar-refractivity contribution < 1.29 is 13.6 Å². The fourth-order valence-corrected chi connectivity index (χ4v) is 3.62. The highest BCUT2D eigenvalue weighted by atomic mass is 32.2. The summed E-state index contributed by atoms with van der Waals surface area (Å²) < 4.78 is 28.3. The second-order valence-electron chi connectivity index (χ2n) is 6.75. The van der Waals surface area contributed by atoms with E-state index in [0.717, 1.165) is 19.3 Å². The van der Waals surface area contributed by atoms with Crippen molar-refractivity contribution in [1.29, 1.82) is 0 Å². The summed E-state index contributed by atoms with van der Waals surface area (Å²) in [5.74, 6) is -2.75. The number of aldehydes is 1. The van der Waals surface area contributed by atoms with Crippen LogP contribution < -0.4 is 0 Å². The summed E-state index contributed by atoms with van der Waals surface area (Å²) in [6.45, 7) is 7.92. The van der Waals surface area contributed by atoms with Gasteiger partial charge in [-0.1, -0.05) is 66.2 Å². The number of carbonyl (C=O) groups excluding carboxylic acids is 1. The third kappa shape index (κ3) is 11.1. The zero-order valence-corrected chi connectivity index (χ0v) is 14.9. The van der Waals surface area contributed by atoms with E-state index in [9.17, 15) is 13.6 Å². The lowest BCUT2D eigenvalue weighted by Gasteiger charge is -2.30. The van der Waals surface area contributed by atoms with Crippen molar-refractivity contribution in [1.82, 2.24) is 0 Å². The number of alkyl halides is 2. The van der Waals surface area contributed by atoms with E-state index in [1.807, 2.05) is 20.8 Å². The summed E-state index contributed by atoms with van der Waals surface area (Å²) in [4.78, 5) is 10.7. The first kappa shape index (κ1) is 20.9. The molecule has 0 bridgehead atoms. The molecule has 0 heterocycles. The molecule has 1 atom stereocenters. The molecule has 0 rings (SSSR count). The largest absolute Gasteiger partial charge is 0.303 e. The van der Waals surface area contributed by atoms with Gasteiger partial charge >= 0.3 is 0 Å². The number of carbonyl (C=O) groups is 1. The molecule has 0 unspecified atom stereocenters. The lowest BCUT2D eigenvalue weighted by Crippen LogP contribution is -2.34. The van der Waals surface area contributed by atoms with Crippen molar-refractivity contribution in [3.05, 3.63) is 0 Å². The van der Waals surface area contributed by atoms with Gasteiger partial charge in [0.1, 0.15) is 6.29 Å². The van der Waals surface area contributed by atoms with Gasteiger partial charge in [0.2, 0.25) is 0 Å². The maximum absolute atomic E-state index is 14.3. The molecule has 4 heteroatoms. The van der Waals surface area contributed by atoms with Gasteiger partial charge in [-0.05, 0) is 6.42 Å². The van der Waals surface area contributed by atoms with Crippen LogP contribution in [-0.4, -0.2) is 22.2 Å². The van der Waals surface area contributed by atoms with Crippen molar-refractivity contribution >= 4 is 18.0 Å². The Balaban J connectivity index is 4.13. The van der Waals surface area contributed by atoms with Crippen molar-refractivity contribution in [3.8, 4) is 0 Å². The fourth-order valence-electron chi connectivity index (χ4n) is 2.30. The van der Waals surface area contributed by atoms with Crippen LogP contribution in [0, 0.1) is 0 Å². The van der Waals surface area contributed by atoms with Gasteiger partial charge in [-0.25, -0.2) is 8.78 Å². The van der Waals surface area contributed by atoms with E-state index < -0.39 is 11.2 Å². The van der Waals surface area contributed by atoms with Gasteiger partial charge < -0.3 is 4.79 Å². The predicted octanol–water partition coefficient (Wildman–Crippen LogP) is 6.25. The highest BCUT2D eigenvalue weighted by molar-refractivity contribution is 8.01. The average Bonchev–Trinajstić information content (AvgIpc) is 2.35.